The molecule has 0 amide bonds. The van der Waals surface area contributed by atoms with Gasteiger partial charge in [-0.3, -0.25) is 0 Å². The maximum atomic E-state index is 6.00. The molecule has 0 spiro atoms. The van der Waals surface area contributed by atoms with Crippen LogP contribution in [0.25, 0.3) is 0 Å². The van der Waals surface area contributed by atoms with Crippen LogP contribution in [-0.2, 0) is 4.74 Å². The van der Waals surface area contributed by atoms with Crippen LogP contribution >= 0.6 is 11.6 Å². The molecule has 6 heteroatoms. The highest BCUT2D eigenvalue weighted by molar-refractivity contribution is 6.29. The van der Waals surface area contributed by atoms with Crippen LogP contribution in [0.4, 0.5) is 5.82 Å². The highest BCUT2D eigenvalue weighted by Gasteiger charge is 2.19. The normalized spacial score (nSPS) is 20.3. The second-order valence-electron chi connectivity index (χ2n) is 4.63. The molecule has 1 fully saturated rings. The Hall–Kier alpha value is -1.07. The summed E-state index contributed by atoms with van der Waals surface area (Å²) < 4.78 is 11.0. The molecule has 1 aromatic rings. The molecule has 0 bridgehead atoms. The van der Waals surface area contributed by atoms with Crippen molar-refractivity contribution in [3.63, 3.8) is 0 Å². The highest BCUT2D eigenvalue weighted by atomic mass is 35.5. The Bertz CT molecular complexity index is 414. The van der Waals surface area contributed by atoms with E-state index < -0.39 is 0 Å². The summed E-state index contributed by atoms with van der Waals surface area (Å²) >= 11 is 6.00. The molecule has 2 rings (SSSR count). The molecular formula is C12H18ClN3O2. The number of anilines is 1. The average Bonchev–Trinajstić information content (AvgIpc) is 2.27. The van der Waals surface area contributed by atoms with Crippen LogP contribution in [0.5, 0.6) is 6.01 Å². The zero-order valence-electron chi connectivity index (χ0n) is 10.9. The van der Waals surface area contributed by atoms with Crippen molar-refractivity contribution in [2.75, 3.05) is 24.6 Å². The van der Waals surface area contributed by atoms with E-state index in [0.29, 0.717) is 17.8 Å². The second-order valence-corrected chi connectivity index (χ2v) is 5.01. The maximum Gasteiger partial charge on any atom is 0.320 e. The first-order valence-electron chi connectivity index (χ1n) is 6.12. The van der Waals surface area contributed by atoms with Gasteiger partial charge < -0.3 is 14.4 Å². The third-order valence-electron chi connectivity index (χ3n) is 2.57. The molecule has 2 heterocycles. The first kappa shape index (κ1) is 13.4. The van der Waals surface area contributed by atoms with Crippen LogP contribution in [-0.4, -0.2) is 41.9 Å². The van der Waals surface area contributed by atoms with Crippen LogP contribution in [0, 0.1) is 0 Å². The minimum absolute atomic E-state index is 0.0277. The van der Waals surface area contributed by atoms with Crippen molar-refractivity contribution in [1.82, 2.24) is 9.97 Å². The molecule has 18 heavy (non-hydrogen) atoms. The van der Waals surface area contributed by atoms with Gasteiger partial charge in [-0.1, -0.05) is 11.6 Å². The zero-order valence-corrected chi connectivity index (χ0v) is 11.6. The second kappa shape index (κ2) is 5.71. The van der Waals surface area contributed by atoms with E-state index in [1.807, 2.05) is 20.8 Å². The Morgan fingerprint density at radius 3 is 2.94 bits per heavy atom. The van der Waals surface area contributed by atoms with Gasteiger partial charge in [0, 0.05) is 19.2 Å². The molecule has 0 N–H and O–H groups in total. The summed E-state index contributed by atoms with van der Waals surface area (Å²) in [5.74, 6) is 0.792. The van der Waals surface area contributed by atoms with E-state index in [4.69, 9.17) is 21.1 Å². The molecule has 0 radical (unpaired) electrons. The van der Waals surface area contributed by atoms with Crippen molar-refractivity contribution in [3.05, 3.63) is 11.2 Å². The molecule has 0 aliphatic carbocycles. The molecule has 1 aromatic heterocycles. The molecule has 1 aliphatic heterocycles. The van der Waals surface area contributed by atoms with Crippen LogP contribution in [0.2, 0.25) is 5.15 Å². The average molecular weight is 272 g/mol. The molecular weight excluding hydrogens is 254 g/mol. The molecule has 1 aliphatic rings. The van der Waals surface area contributed by atoms with Crippen molar-refractivity contribution >= 4 is 17.4 Å². The number of aromatic nitrogens is 2. The highest BCUT2D eigenvalue weighted by Crippen LogP contribution is 2.21. The summed E-state index contributed by atoms with van der Waals surface area (Å²) in [5, 5.41) is 0.398. The topological polar surface area (TPSA) is 47.5 Å². The number of ether oxygens (including phenoxy) is 2. The van der Waals surface area contributed by atoms with Gasteiger partial charge in [-0.15, -0.1) is 0 Å². The minimum atomic E-state index is 0.0277. The number of hydrogen-bond acceptors (Lipinski definition) is 5. The third-order valence-corrected chi connectivity index (χ3v) is 2.76. The quantitative estimate of drug-likeness (QED) is 0.789. The van der Waals surface area contributed by atoms with Gasteiger partial charge in [0.05, 0.1) is 18.8 Å². The fourth-order valence-corrected chi connectivity index (χ4v) is 2.01. The number of rotatable bonds is 3. The summed E-state index contributed by atoms with van der Waals surface area (Å²) in [4.78, 5) is 10.6. The standard InChI is InChI=1S/C12H18ClN3O2/c1-8(2)18-12-14-10(13)6-11(15-12)16-4-5-17-9(3)7-16/h6,8-9H,4-5,7H2,1-3H3. The number of nitrogens with zero attached hydrogens (tertiary/aromatic N) is 3. The molecule has 1 unspecified atom stereocenters. The van der Waals surface area contributed by atoms with E-state index in [9.17, 15) is 0 Å². The number of halogens is 1. The van der Waals surface area contributed by atoms with Crippen molar-refractivity contribution < 1.29 is 9.47 Å². The van der Waals surface area contributed by atoms with Crippen molar-refractivity contribution in [2.24, 2.45) is 0 Å². The maximum absolute atomic E-state index is 6.00. The molecule has 1 atom stereocenters. The van der Waals surface area contributed by atoms with Crippen LogP contribution in [0.15, 0.2) is 6.07 Å². The Balaban J connectivity index is 2.18. The smallest absolute Gasteiger partial charge is 0.320 e. The van der Waals surface area contributed by atoms with Crippen LogP contribution < -0.4 is 9.64 Å². The van der Waals surface area contributed by atoms with Gasteiger partial charge in [-0.25, -0.2) is 0 Å². The Morgan fingerprint density at radius 1 is 1.50 bits per heavy atom. The molecule has 1 saturated heterocycles. The van der Waals surface area contributed by atoms with E-state index >= 15 is 0 Å². The van der Waals surface area contributed by atoms with Crippen molar-refractivity contribution in [3.8, 4) is 6.01 Å². The predicted molar refractivity (Wildman–Crippen MR) is 70.4 cm³/mol. The summed E-state index contributed by atoms with van der Waals surface area (Å²) in [5.41, 5.74) is 0. The molecule has 5 nitrogen and oxygen atoms in total. The van der Waals surface area contributed by atoms with Crippen molar-refractivity contribution in [1.29, 1.82) is 0 Å². The lowest BCUT2D eigenvalue weighted by Gasteiger charge is -2.32. The fourth-order valence-electron chi connectivity index (χ4n) is 1.84. The number of hydrogen-bond donors (Lipinski definition) is 0. The van der Waals surface area contributed by atoms with Gasteiger partial charge in [0.25, 0.3) is 0 Å². The van der Waals surface area contributed by atoms with Crippen LogP contribution in [0.3, 0.4) is 0 Å². The van der Waals surface area contributed by atoms with E-state index in [1.54, 1.807) is 6.07 Å². The van der Waals surface area contributed by atoms with E-state index in [2.05, 4.69) is 14.9 Å². The van der Waals surface area contributed by atoms with E-state index in [1.165, 1.54) is 0 Å². The summed E-state index contributed by atoms with van der Waals surface area (Å²) in [6.07, 6.45) is 0.224. The minimum Gasteiger partial charge on any atom is -0.461 e. The lowest BCUT2D eigenvalue weighted by molar-refractivity contribution is 0.0528. The zero-order chi connectivity index (χ0) is 13.1. The van der Waals surface area contributed by atoms with Gasteiger partial charge in [0.1, 0.15) is 11.0 Å². The number of morpholine rings is 1. The van der Waals surface area contributed by atoms with E-state index in [0.717, 1.165) is 18.9 Å². The van der Waals surface area contributed by atoms with Gasteiger partial charge >= 0.3 is 6.01 Å². The molecule has 100 valence electrons. The lowest BCUT2D eigenvalue weighted by atomic mass is 10.3. The lowest BCUT2D eigenvalue weighted by Crippen LogP contribution is -2.41. The molecule has 0 aromatic carbocycles. The van der Waals surface area contributed by atoms with Crippen molar-refractivity contribution in [2.45, 2.75) is 33.0 Å². The largest absolute Gasteiger partial charge is 0.461 e. The fraction of sp³-hybridized carbons (Fsp3) is 0.667. The Kier molecular flexibility index (Phi) is 4.24. The third kappa shape index (κ3) is 3.46. The van der Waals surface area contributed by atoms with Gasteiger partial charge in [-0.05, 0) is 20.8 Å². The van der Waals surface area contributed by atoms with E-state index in [-0.39, 0.29) is 12.2 Å². The first-order chi connectivity index (χ1) is 8.54. The Morgan fingerprint density at radius 2 is 2.28 bits per heavy atom. The monoisotopic (exact) mass is 271 g/mol. The van der Waals surface area contributed by atoms with Gasteiger partial charge in [0.2, 0.25) is 0 Å². The van der Waals surface area contributed by atoms with Gasteiger partial charge in [0.15, 0.2) is 0 Å². The first-order valence-corrected chi connectivity index (χ1v) is 6.50. The summed E-state index contributed by atoms with van der Waals surface area (Å²) in [6.45, 7) is 8.21. The Labute approximate surface area is 112 Å². The van der Waals surface area contributed by atoms with Gasteiger partial charge in [-0.2, -0.15) is 9.97 Å². The molecule has 0 saturated carbocycles. The summed E-state index contributed by atoms with van der Waals surface area (Å²) in [6, 6.07) is 2.08. The SMILES string of the molecule is CC(C)Oc1nc(Cl)cc(N2CCOC(C)C2)n1. The predicted octanol–water partition coefficient (Wildman–Crippen LogP) is 2.14. The van der Waals surface area contributed by atoms with Crippen LogP contribution in [0.1, 0.15) is 20.8 Å². The summed E-state index contributed by atoms with van der Waals surface area (Å²) in [7, 11) is 0.